The van der Waals surface area contributed by atoms with E-state index in [4.69, 9.17) is 0 Å². The fourth-order valence-corrected chi connectivity index (χ4v) is 3.86. The number of amides is 3. The molecule has 1 aliphatic heterocycles. The summed E-state index contributed by atoms with van der Waals surface area (Å²) in [5, 5.41) is 8.66. The topological polar surface area (TPSA) is 73.5 Å². The molecule has 3 rings (SSSR count). The molecule has 1 heterocycles. The number of carbonyl (C=O) groups excluding carboxylic acids is 2. The van der Waals surface area contributed by atoms with Crippen LogP contribution < -0.4 is 16.0 Å². The normalized spacial score (nSPS) is 21.2. The number of hydrogen-bond acceptors (Lipinski definition) is 3. The molecule has 3 amide bonds. The molecule has 1 aromatic carbocycles. The van der Waals surface area contributed by atoms with Crippen molar-refractivity contribution < 1.29 is 9.59 Å². The second-order valence-electron chi connectivity index (χ2n) is 6.96. The summed E-state index contributed by atoms with van der Waals surface area (Å²) in [4.78, 5) is 26.7. The van der Waals surface area contributed by atoms with Gasteiger partial charge in [0.25, 0.3) is 5.91 Å². The van der Waals surface area contributed by atoms with E-state index in [2.05, 4.69) is 20.9 Å². The molecule has 6 heteroatoms. The van der Waals surface area contributed by atoms with E-state index in [9.17, 15) is 9.59 Å². The van der Waals surface area contributed by atoms with Crippen LogP contribution in [-0.2, 0) is 0 Å². The zero-order valence-corrected chi connectivity index (χ0v) is 14.9. The number of hydrogen-bond donors (Lipinski definition) is 3. The molecule has 1 aliphatic carbocycles. The number of carbonyl (C=O) groups is 2. The van der Waals surface area contributed by atoms with Gasteiger partial charge < -0.3 is 16.0 Å². The maximum atomic E-state index is 12.3. The minimum atomic E-state index is -0.202. The predicted octanol–water partition coefficient (Wildman–Crippen LogP) is 2.57. The number of anilines is 1. The summed E-state index contributed by atoms with van der Waals surface area (Å²) in [6.07, 6.45) is 6.27. The Morgan fingerprint density at radius 3 is 2.76 bits per heavy atom. The van der Waals surface area contributed by atoms with Gasteiger partial charge in [-0.3, -0.25) is 9.69 Å². The van der Waals surface area contributed by atoms with E-state index in [0.717, 1.165) is 19.5 Å². The molecule has 1 unspecified atom stereocenters. The van der Waals surface area contributed by atoms with Crippen LogP contribution >= 0.6 is 0 Å². The summed E-state index contributed by atoms with van der Waals surface area (Å²) in [5.74, 6) is -0.130. The Balaban J connectivity index is 1.49. The third-order valence-corrected chi connectivity index (χ3v) is 5.12. The van der Waals surface area contributed by atoms with Gasteiger partial charge in [0.15, 0.2) is 0 Å². The molecule has 0 spiro atoms. The molecule has 0 radical (unpaired) electrons. The van der Waals surface area contributed by atoms with Gasteiger partial charge in [-0.2, -0.15) is 0 Å². The molecule has 25 heavy (non-hydrogen) atoms. The van der Waals surface area contributed by atoms with Gasteiger partial charge in [-0.15, -0.1) is 0 Å². The van der Waals surface area contributed by atoms with Crippen molar-refractivity contribution in [2.45, 2.75) is 51.1 Å². The van der Waals surface area contributed by atoms with E-state index in [1.165, 1.54) is 25.7 Å². The highest BCUT2D eigenvalue weighted by molar-refractivity contribution is 5.96. The van der Waals surface area contributed by atoms with Crippen LogP contribution in [0.4, 0.5) is 10.5 Å². The lowest BCUT2D eigenvalue weighted by Crippen LogP contribution is -2.41. The molecule has 1 atom stereocenters. The van der Waals surface area contributed by atoms with E-state index < -0.39 is 0 Å². The Kier molecular flexibility index (Phi) is 5.91. The van der Waals surface area contributed by atoms with Crippen LogP contribution in [0.15, 0.2) is 24.3 Å². The first kappa shape index (κ1) is 17.7. The Labute approximate surface area is 149 Å². The van der Waals surface area contributed by atoms with Gasteiger partial charge in [-0.05, 0) is 44.4 Å². The molecular weight excluding hydrogens is 316 g/mol. The summed E-state index contributed by atoms with van der Waals surface area (Å²) in [6.45, 7) is 4.47. The SMILES string of the molecule is CCNC(=O)c1cccc(NC(=O)NC2CCN(C3CCCC3)C2)c1. The Bertz CT molecular complexity index is 613. The quantitative estimate of drug-likeness (QED) is 0.769. The van der Waals surface area contributed by atoms with E-state index in [1.807, 2.05) is 6.92 Å². The van der Waals surface area contributed by atoms with Crippen molar-refractivity contribution in [3.63, 3.8) is 0 Å². The molecule has 1 aromatic rings. The predicted molar refractivity (Wildman–Crippen MR) is 98.8 cm³/mol. The summed E-state index contributed by atoms with van der Waals surface area (Å²) < 4.78 is 0. The summed E-state index contributed by atoms with van der Waals surface area (Å²) in [6, 6.07) is 7.72. The highest BCUT2D eigenvalue weighted by Crippen LogP contribution is 2.26. The third-order valence-electron chi connectivity index (χ3n) is 5.12. The Morgan fingerprint density at radius 1 is 1.20 bits per heavy atom. The molecule has 136 valence electrons. The van der Waals surface area contributed by atoms with Gasteiger partial charge in [0, 0.05) is 43.0 Å². The van der Waals surface area contributed by atoms with Crippen LogP contribution in [-0.4, -0.2) is 48.6 Å². The van der Waals surface area contributed by atoms with Crippen molar-refractivity contribution in [1.29, 1.82) is 0 Å². The summed E-state index contributed by atoms with van der Waals surface area (Å²) in [7, 11) is 0. The van der Waals surface area contributed by atoms with Crippen LogP contribution in [0.2, 0.25) is 0 Å². The van der Waals surface area contributed by atoms with Crippen molar-refractivity contribution >= 4 is 17.6 Å². The number of nitrogens with one attached hydrogen (secondary N) is 3. The van der Waals surface area contributed by atoms with E-state index >= 15 is 0 Å². The van der Waals surface area contributed by atoms with E-state index in [1.54, 1.807) is 24.3 Å². The standard InChI is InChI=1S/C19H28N4O2/c1-2-20-18(24)14-6-5-7-15(12-14)21-19(25)22-16-10-11-23(13-16)17-8-3-4-9-17/h5-7,12,16-17H,2-4,8-11,13H2,1H3,(H,20,24)(H2,21,22,25). The first-order valence-electron chi connectivity index (χ1n) is 9.35. The largest absolute Gasteiger partial charge is 0.352 e. The van der Waals surface area contributed by atoms with Gasteiger partial charge >= 0.3 is 6.03 Å². The van der Waals surface area contributed by atoms with Crippen molar-refractivity contribution in [3.05, 3.63) is 29.8 Å². The fraction of sp³-hybridized carbons (Fsp3) is 0.579. The van der Waals surface area contributed by atoms with Gasteiger partial charge in [0.1, 0.15) is 0 Å². The van der Waals surface area contributed by atoms with Crippen molar-refractivity contribution in [3.8, 4) is 0 Å². The number of likely N-dealkylation sites (tertiary alicyclic amines) is 1. The minimum Gasteiger partial charge on any atom is -0.352 e. The number of rotatable bonds is 5. The van der Waals surface area contributed by atoms with Crippen LogP contribution in [0.5, 0.6) is 0 Å². The maximum absolute atomic E-state index is 12.3. The molecule has 0 aromatic heterocycles. The van der Waals surface area contributed by atoms with Crippen LogP contribution in [0.1, 0.15) is 49.4 Å². The fourth-order valence-electron chi connectivity index (χ4n) is 3.86. The molecule has 6 nitrogen and oxygen atoms in total. The molecule has 2 aliphatic rings. The zero-order chi connectivity index (χ0) is 17.6. The van der Waals surface area contributed by atoms with Gasteiger partial charge in [-0.25, -0.2) is 4.79 Å². The monoisotopic (exact) mass is 344 g/mol. The molecule has 3 N–H and O–H groups in total. The van der Waals surface area contributed by atoms with Gasteiger partial charge in [-0.1, -0.05) is 18.9 Å². The molecule has 0 bridgehead atoms. The van der Waals surface area contributed by atoms with Gasteiger partial charge in [0.05, 0.1) is 0 Å². The van der Waals surface area contributed by atoms with Crippen LogP contribution in [0.25, 0.3) is 0 Å². The molecular formula is C19H28N4O2. The number of benzene rings is 1. The lowest BCUT2D eigenvalue weighted by atomic mass is 10.2. The van der Waals surface area contributed by atoms with Gasteiger partial charge in [0.2, 0.25) is 0 Å². The number of urea groups is 1. The number of nitrogens with zero attached hydrogens (tertiary/aromatic N) is 1. The second-order valence-corrected chi connectivity index (χ2v) is 6.96. The van der Waals surface area contributed by atoms with Crippen molar-refractivity contribution in [2.75, 3.05) is 25.0 Å². The molecule has 1 saturated heterocycles. The average Bonchev–Trinajstić information content (AvgIpc) is 3.26. The minimum absolute atomic E-state index is 0.130. The average molecular weight is 344 g/mol. The van der Waals surface area contributed by atoms with Crippen molar-refractivity contribution in [2.24, 2.45) is 0 Å². The van der Waals surface area contributed by atoms with Crippen molar-refractivity contribution in [1.82, 2.24) is 15.5 Å². The highest BCUT2D eigenvalue weighted by Gasteiger charge is 2.30. The van der Waals surface area contributed by atoms with Crippen LogP contribution in [0.3, 0.4) is 0 Å². The molecule has 2 fully saturated rings. The van der Waals surface area contributed by atoms with Crippen LogP contribution in [0, 0.1) is 0 Å². The summed E-state index contributed by atoms with van der Waals surface area (Å²) in [5.41, 5.74) is 1.18. The zero-order valence-electron chi connectivity index (χ0n) is 14.9. The molecule has 1 saturated carbocycles. The maximum Gasteiger partial charge on any atom is 0.319 e. The summed E-state index contributed by atoms with van der Waals surface area (Å²) >= 11 is 0. The highest BCUT2D eigenvalue weighted by atomic mass is 16.2. The Morgan fingerprint density at radius 2 is 2.00 bits per heavy atom. The van der Waals surface area contributed by atoms with E-state index in [0.29, 0.717) is 23.8 Å². The third kappa shape index (κ3) is 4.72. The first-order valence-corrected chi connectivity index (χ1v) is 9.35. The lowest BCUT2D eigenvalue weighted by Gasteiger charge is -2.23. The first-order chi connectivity index (χ1) is 12.2. The lowest BCUT2D eigenvalue weighted by molar-refractivity contribution is 0.0956. The van der Waals surface area contributed by atoms with E-state index in [-0.39, 0.29) is 18.0 Å². The second kappa shape index (κ2) is 8.34. The smallest absolute Gasteiger partial charge is 0.319 e. The Hall–Kier alpha value is -2.08.